The van der Waals surface area contributed by atoms with Crippen molar-refractivity contribution < 1.29 is 23.9 Å². The molecule has 0 spiro atoms. The normalized spacial score (nSPS) is 14.7. The molecule has 0 saturated carbocycles. The van der Waals surface area contributed by atoms with E-state index < -0.39 is 17.8 Å². The SMILES string of the molecule is CCOc1ccc(N2C(=O)NC(=O)/C(=C\c3cc(Br)c(OCc4ccc(Cl)cc4Cl)c(Br)c3)C2=O)cc1. The summed E-state index contributed by atoms with van der Waals surface area (Å²) in [6.45, 7) is 2.52. The van der Waals surface area contributed by atoms with Crippen LogP contribution in [0.15, 0.2) is 69.1 Å². The predicted molar refractivity (Wildman–Crippen MR) is 149 cm³/mol. The number of nitrogens with zero attached hydrogens (tertiary/aromatic N) is 1. The lowest BCUT2D eigenvalue weighted by Gasteiger charge is -2.26. The van der Waals surface area contributed by atoms with Gasteiger partial charge in [0.1, 0.15) is 23.7 Å². The minimum Gasteiger partial charge on any atom is -0.494 e. The molecule has 37 heavy (non-hydrogen) atoms. The van der Waals surface area contributed by atoms with Gasteiger partial charge in [-0.2, -0.15) is 0 Å². The lowest BCUT2D eigenvalue weighted by Crippen LogP contribution is -2.54. The summed E-state index contributed by atoms with van der Waals surface area (Å²) < 4.78 is 12.5. The summed E-state index contributed by atoms with van der Waals surface area (Å²) in [6.07, 6.45) is 1.40. The molecule has 0 aromatic heterocycles. The largest absolute Gasteiger partial charge is 0.494 e. The number of anilines is 1. The number of urea groups is 1. The van der Waals surface area contributed by atoms with E-state index in [2.05, 4.69) is 37.2 Å². The van der Waals surface area contributed by atoms with Crippen LogP contribution in [-0.2, 0) is 16.2 Å². The number of amides is 4. The maximum atomic E-state index is 13.2. The molecule has 4 amide bonds. The van der Waals surface area contributed by atoms with E-state index in [0.717, 1.165) is 10.5 Å². The van der Waals surface area contributed by atoms with Crippen LogP contribution in [0.2, 0.25) is 10.0 Å². The molecule has 0 aliphatic carbocycles. The van der Waals surface area contributed by atoms with E-state index >= 15 is 0 Å². The van der Waals surface area contributed by atoms with Gasteiger partial charge < -0.3 is 9.47 Å². The Balaban J connectivity index is 1.58. The summed E-state index contributed by atoms with van der Waals surface area (Å²) in [5.41, 5.74) is 1.37. The average Bonchev–Trinajstić information content (AvgIpc) is 2.83. The fourth-order valence-corrected chi connectivity index (χ4v) is 5.42. The van der Waals surface area contributed by atoms with E-state index in [1.165, 1.54) is 6.08 Å². The van der Waals surface area contributed by atoms with E-state index in [9.17, 15) is 14.4 Å². The summed E-state index contributed by atoms with van der Waals surface area (Å²) in [5, 5.41) is 3.22. The van der Waals surface area contributed by atoms with Crippen molar-refractivity contribution in [3.05, 3.63) is 90.3 Å². The minimum absolute atomic E-state index is 0.188. The van der Waals surface area contributed by atoms with Gasteiger partial charge in [0.2, 0.25) is 0 Å². The molecule has 1 saturated heterocycles. The number of rotatable bonds is 7. The number of barbiturate groups is 1. The van der Waals surface area contributed by atoms with Crippen molar-refractivity contribution in [2.45, 2.75) is 13.5 Å². The third-order valence-corrected chi connectivity index (χ3v) is 6.99. The molecule has 1 N–H and O–H groups in total. The number of imide groups is 2. The zero-order valence-corrected chi connectivity index (χ0v) is 23.9. The summed E-state index contributed by atoms with van der Waals surface area (Å²) in [4.78, 5) is 39.1. The molecular weight excluding hydrogens is 651 g/mol. The number of nitrogens with one attached hydrogen (secondary N) is 1. The van der Waals surface area contributed by atoms with Gasteiger partial charge in [-0.15, -0.1) is 0 Å². The maximum absolute atomic E-state index is 13.2. The Kier molecular flexibility index (Phi) is 8.59. The first-order valence-corrected chi connectivity index (χ1v) is 13.2. The second-order valence-electron chi connectivity index (χ2n) is 7.72. The fraction of sp³-hybridized carbons (Fsp3) is 0.115. The highest BCUT2D eigenvalue weighted by molar-refractivity contribution is 9.11. The first-order chi connectivity index (χ1) is 17.7. The molecule has 3 aromatic carbocycles. The molecule has 0 atom stereocenters. The van der Waals surface area contributed by atoms with Crippen LogP contribution in [0.1, 0.15) is 18.1 Å². The van der Waals surface area contributed by atoms with Gasteiger partial charge in [0.25, 0.3) is 11.8 Å². The molecular formula is C26H18Br2Cl2N2O5. The second-order valence-corrected chi connectivity index (χ2v) is 10.3. The predicted octanol–water partition coefficient (Wildman–Crippen LogP) is 7.16. The van der Waals surface area contributed by atoms with Crippen LogP contribution in [0, 0.1) is 0 Å². The molecule has 0 radical (unpaired) electrons. The van der Waals surface area contributed by atoms with Crippen molar-refractivity contribution in [2.24, 2.45) is 0 Å². The molecule has 1 aliphatic rings. The molecule has 190 valence electrons. The van der Waals surface area contributed by atoms with Gasteiger partial charge in [-0.25, -0.2) is 9.69 Å². The Morgan fingerprint density at radius 1 is 0.946 bits per heavy atom. The number of carbonyl (C=O) groups excluding carboxylic acids is 3. The summed E-state index contributed by atoms with van der Waals surface area (Å²) in [6, 6.07) is 14.1. The summed E-state index contributed by atoms with van der Waals surface area (Å²) in [5.74, 6) is -0.443. The van der Waals surface area contributed by atoms with E-state index in [1.807, 2.05) is 6.92 Å². The van der Waals surface area contributed by atoms with Crippen molar-refractivity contribution in [3.8, 4) is 11.5 Å². The highest BCUT2D eigenvalue weighted by atomic mass is 79.9. The zero-order valence-electron chi connectivity index (χ0n) is 19.2. The Labute approximate surface area is 239 Å². The van der Waals surface area contributed by atoms with Crippen LogP contribution in [0.4, 0.5) is 10.5 Å². The van der Waals surface area contributed by atoms with E-state index in [4.69, 9.17) is 32.7 Å². The van der Waals surface area contributed by atoms with E-state index in [1.54, 1.807) is 54.6 Å². The number of halogens is 4. The van der Waals surface area contributed by atoms with Crippen LogP contribution < -0.4 is 19.7 Å². The van der Waals surface area contributed by atoms with Gasteiger partial charge >= 0.3 is 6.03 Å². The molecule has 1 fully saturated rings. The van der Waals surface area contributed by atoms with Gasteiger partial charge in [-0.1, -0.05) is 29.3 Å². The Bertz CT molecular complexity index is 1400. The highest BCUT2D eigenvalue weighted by Gasteiger charge is 2.36. The molecule has 0 unspecified atom stereocenters. The van der Waals surface area contributed by atoms with Crippen molar-refractivity contribution in [2.75, 3.05) is 11.5 Å². The molecule has 11 heteroatoms. The molecule has 7 nitrogen and oxygen atoms in total. The van der Waals surface area contributed by atoms with Gasteiger partial charge in [-0.3, -0.25) is 14.9 Å². The number of hydrogen-bond acceptors (Lipinski definition) is 5. The van der Waals surface area contributed by atoms with Gasteiger partial charge in [0.15, 0.2) is 0 Å². The first-order valence-electron chi connectivity index (χ1n) is 10.9. The maximum Gasteiger partial charge on any atom is 0.335 e. The summed E-state index contributed by atoms with van der Waals surface area (Å²) in [7, 11) is 0. The zero-order chi connectivity index (χ0) is 26.7. The number of carbonyl (C=O) groups is 3. The standard InChI is InChI=1S/C26H18Br2Cl2N2O5/c1-2-36-18-7-5-17(6-8-18)32-25(34)19(24(33)31-26(32)35)9-14-10-20(27)23(21(28)11-14)37-13-15-3-4-16(29)12-22(15)30/h3-12H,2,13H2,1H3,(H,31,33,35)/b19-9+. The lowest BCUT2D eigenvalue weighted by atomic mass is 10.1. The van der Waals surface area contributed by atoms with Gasteiger partial charge in [-0.05, 0) is 99.0 Å². The number of ether oxygens (including phenoxy) is 2. The van der Waals surface area contributed by atoms with Crippen LogP contribution in [-0.4, -0.2) is 24.5 Å². The highest BCUT2D eigenvalue weighted by Crippen LogP contribution is 2.37. The topological polar surface area (TPSA) is 84.9 Å². The lowest BCUT2D eigenvalue weighted by molar-refractivity contribution is -0.122. The molecule has 1 aliphatic heterocycles. The fourth-order valence-electron chi connectivity index (χ4n) is 3.51. The van der Waals surface area contributed by atoms with Crippen LogP contribution in [0.25, 0.3) is 6.08 Å². The smallest absolute Gasteiger partial charge is 0.335 e. The van der Waals surface area contributed by atoms with Crippen molar-refractivity contribution >= 4 is 84.7 Å². The van der Waals surface area contributed by atoms with Crippen LogP contribution in [0.5, 0.6) is 11.5 Å². The summed E-state index contributed by atoms with van der Waals surface area (Å²) >= 11 is 19.1. The van der Waals surface area contributed by atoms with E-state index in [0.29, 0.717) is 48.3 Å². The quantitative estimate of drug-likeness (QED) is 0.213. The molecule has 4 rings (SSSR count). The Hall–Kier alpha value is -2.85. The first kappa shape index (κ1) is 27.2. The second kappa shape index (κ2) is 11.7. The van der Waals surface area contributed by atoms with Gasteiger partial charge in [0.05, 0.1) is 21.2 Å². The van der Waals surface area contributed by atoms with Gasteiger partial charge in [0, 0.05) is 15.6 Å². The van der Waals surface area contributed by atoms with Crippen LogP contribution >= 0.6 is 55.1 Å². The Morgan fingerprint density at radius 3 is 2.24 bits per heavy atom. The Morgan fingerprint density at radius 2 is 1.62 bits per heavy atom. The van der Waals surface area contributed by atoms with E-state index in [-0.39, 0.29) is 12.2 Å². The van der Waals surface area contributed by atoms with Crippen molar-refractivity contribution in [1.82, 2.24) is 5.32 Å². The average molecular weight is 669 g/mol. The monoisotopic (exact) mass is 666 g/mol. The molecule has 0 bridgehead atoms. The third kappa shape index (κ3) is 6.18. The minimum atomic E-state index is -0.830. The van der Waals surface area contributed by atoms with Crippen LogP contribution in [0.3, 0.4) is 0 Å². The third-order valence-electron chi connectivity index (χ3n) is 5.23. The molecule has 1 heterocycles. The molecule has 3 aromatic rings. The number of benzene rings is 3. The van der Waals surface area contributed by atoms with Crippen molar-refractivity contribution in [3.63, 3.8) is 0 Å². The number of hydrogen-bond donors (Lipinski definition) is 1. The van der Waals surface area contributed by atoms with Crippen molar-refractivity contribution in [1.29, 1.82) is 0 Å².